The second kappa shape index (κ2) is 8.53. The second-order valence-corrected chi connectivity index (χ2v) is 4.53. The lowest BCUT2D eigenvalue weighted by atomic mass is 10.1. The average Bonchev–Trinajstić information content (AvgIpc) is 2.45. The van der Waals surface area contributed by atoms with Crippen molar-refractivity contribution in [1.82, 2.24) is 10.6 Å². The van der Waals surface area contributed by atoms with Gasteiger partial charge in [-0.25, -0.2) is 0 Å². The number of amides is 1. The molecule has 106 valence electrons. The molecular formula is C15H24N2O2. The summed E-state index contributed by atoms with van der Waals surface area (Å²) >= 11 is 0. The van der Waals surface area contributed by atoms with E-state index in [1.165, 1.54) is 0 Å². The van der Waals surface area contributed by atoms with E-state index in [1.54, 1.807) is 7.11 Å². The number of carbonyl (C=O) groups is 1. The standard InChI is InChI=1S/C15H24N2O2/c1-4-10-17-15(18)12(2)16-11-9-13-7-5-6-8-14(13)19-3/h5-8,12,16H,4,9-11H2,1-3H3,(H,17,18). The number of hydrogen-bond acceptors (Lipinski definition) is 3. The van der Waals surface area contributed by atoms with Crippen molar-refractivity contribution in [2.24, 2.45) is 0 Å². The van der Waals surface area contributed by atoms with Crippen LogP contribution in [0, 0.1) is 0 Å². The second-order valence-electron chi connectivity index (χ2n) is 4.53. The summed E-state index contributed by atoms with van der Waals surface area (Å²) < 4.78 is 5.30. The van der Waals surface area contributed by atoms with Crippen molar-refractivity contribution < 1.29 is 9.53 Å². The molecule has 4 nitrogen and oxygen atoms in total. The van der Waals surface area contributed by atoms with Crippen LogP contribution in [0.3, 0.4) is 0 Å². The predicted molar refractivity (Wildman–Crippen MR) is 77.5 cm³/mol. The molecule has 4 heteroatoms. The molecule has 2 N–H and O–H groups in total. The van der Waals surface area contributed by atoms with E-state index in [0.717, 1.165) is 37.2 Å². The Morgan fingerprint density at radius 3 is 2.74 bits per heavy atom. The molecule has 1 aromatic rings. The van der Waals surface area contributed by atoms with Crippen molar-refractivity contribution in [2.45, 2.75) is 32.7 Å². The molecule has 0 saturated carbocycles. The Hall–Kier alpha value is -1.55. The van der Waals surface area contributed by atoms with Gasteiger partial charge < -0.3 is 15.4 Å². The first-order valence-electron chi connectivity index (χ1n) is 6.82. The third kappa shape index (κ3) is 5.30. The number of methoxy groups -OCH3 is 1. The molecule has 1 atom stereocenters. The first-order valence-corrected chi connectivity index (χ1v) is 6.82. The molecule has 0 aliphatic rings. The minimum absolute atomic E-state index is 0.0573. The maximum absolute atomic E-state index is 11.7. The molecule has 0 spiro atoms. The van der Waals surface area contributed by atoms with Crippen LogP contribution in [-0.2, 0) is 11.2 Å². The molecule has 0 aliphatic carbocycles. The fourth-order valence-electron chi connectivity index (χ4n) is 1.83. The van der Waals surface area contributed by atoms with Crippen LogP contribution >= 0.6 is 0 Å². The molecule has 0 fully saturated rings. The summed E-state index contributed by atoms with van der Waals surface area (Å²) in [6.07, 6.45) is 1.80. The summed E-state index contributed by atoms with van der Waals surface area (Å²) in [5.74, 6) is 0.953. The van der Waals surface area contributed by atoms with Crippen LogP contribution in [0.5, 0.6) is 5.75 Å². The van der Waals surface area contributed by atoms with E-state index in [2.05, 4.69) is 10.6 Å². The minimum Gasteiger partial charge on any atom is -0.496 e. The number of carbonyl (C=O) groups excluding carboxylic acids is 1. The highest BCUT2D eigenvalue weighted by molar-refractivity contribution is 5.81. The number of benzene rings is 1. The number of para-hydroxylation sites is 1. The molecule has 0 saturated heterocycles. The summed E-state index contributed by atoms with van der Waals surface area (Å²) in [6.45, 7) is 5.41. The van der Waals surface area contributed by atoms with Crippen LogP contribution in [0.4, 0.5) is 0 Å². The summed E-state index contributed by atoms with van der Waals surface area (Å²) in [7, 11) is 1.67. The van der Waals surface area contributed by atoms with Gasteiger partial charge in [0.1, 0.15) is 5.75 Å². The fraction of sp³-hybridized carbons (Fsp3) is 0.533. The van der Waals surface area contributed by atoms with Crippen LogP contribution < -0.4 is 15.4 Å². The van der Waals surface area contributed by atoms with Gasteiger partial charge in [-0.15, -0.1) is 0 Å². The molecule has 1 unspecified atom stereocenters. The van der Waals surface area contributed by atoms with Crippen molar-refractivity contribution in [1.29, 1.82) is 0 Å². The zero-order valence-corrected chi connectivity index (χ0v) is 12.0. The Morgan fingerprint density at radius 2 is 2.05 bits per heavy atom. The van der Waals surface area contributed by atoms with Gasteiger partial charge in [-0.2, -0.15) is 0 Å². The number of rotatable bonds is 8. The zero-order chi connectivity index (χ0) is 14.1. The number of hydrogen-bond donors (Lipinski definition) is 2. The topological polar surface area (TPSA) is 50.4 Å². The first kappa shape index (κ1) is 15.5. The van der Waals surface area contributed by atoms with Gasteiger partial charge in [-0.05, 0) is 31.4 Å². The van der Waals surface area contributed by atoms with Gasteiger partial charge in [0.25, 0.3) is 0 Å². The molecular weight excluding hydrogens is 240 g/mol. The van der Waals surface area contributed by atoms with E-state index in [4.69, 9.17) is 4.74 Å². The first-order chi connectivity index (χ1) is 9.19. The highest BCUT2D eigenvalue weighted by Crippen LogP contribution is 2.17. The van der Waals surface area contributed by atoms with E-state index < -0.39 is 0 Å². The zero-order valence-electron chi connectivity index (χ0n) is 12.0. The monoisotopic (exact) mass is 264 g/mol. The van der Waals surface area contributed by atoms with Crippen molar-refractivity contribution in [3.8, 4) is 5.75 Å². The van der Waals surface area contributed by atoms with E-state index in [1.807, 2.05) is 38.1 Å². The molecule has 0 aliphatic heterocycles. The van der Waals surface area contributed by atoms with Gasteiger partial charge in [-0.1, -0.05) is 25.1 Å². The lowest BCUT2D eigenvalue weighted by molar-refractivity contribution is -0.122. The van der Waals surface area contributed by atoms with Crippen LogP contribution in [0.15, 0.2) is 24.3 Å². The van der Waals surface area contributed by atoms with Crippen molar-refractivity contribution >= 4 is 5.91 Å². The van der Waals surface area contributed by atoms with Crippen molar-refractivity contribution in [2.75, 3.05) is 20.2 Å². The normalized spacial score (nSPS) is 11.9. The fourth-order valence-corrected chi connectivity index (χ4v) is 1.83. The summed E-state index contributed by atoms with van der Waals surface area (Å²) in [5.41, 5.74) is 1.15. The van der Waals surface area contributed by atoms with E-state index in [0.29, 0.717) is 0 Å². The van der Waals surface area contributed by atoms with Crippen LogP contribution in [0.25, 0.3) is 0 Å². The molecule has 1 amide bonds. The third-order valence-electron chi connectivity index (χ3n) is 2.98. The smallest absolute Gasteiger partial charge is 0.236 e. The average molecular weight is 264 g/mol. The molecule has 0 bridgehead atoms. The van der Waals surface area contributed by atoms with Crippen molar-refractivity contribution in [3.05, 3.63) is 29.8 Å². The van der Waals surface area contributed by atoms with Gasteiger partial charge in [0, 0.05) is 13.1 Å². The molecule has 0 radical (unpaired) electrons. The maximum Gasteiger partial charge on any atom is 0.236 e. The van der Waals surface area contributed by atoms with E-state index >= 15 is 0 Å². The Labute approximate surface area is 115 Å². The molecule has 1 aromatic carbocycles. The van der Waals surface area contributed by atoms with E-state index in [9.17, 15) is 4.79 Å². The Bertz CT molecular complexity index is 393. The van der Waals surface area contributed by atoms with Gasteiger partial charge in [0.05, 0.1) is 13.2 Å². The van der Waals surface area contributed by atoms with Gasteiger partial charge in [0.2, 0.25) is 5.91 Å². The predicted octanol–water partition coefficient (Wildman–Crippen LogP) is 1.74. The van der Waals surface area contributed by atoms with Crippen LogP contribution in [0.1, 0.15) is 25.8 Å². The lowest BCUT2D eigenvalue weighted by Crippen LogP contribution is -2.43. The summed E-state index contributed by atoms with van der Waals surface area (Å²) in [6, 6.07) is 7.78. The minimum atomic E-state index is -0.166. The van der Waals surface area contributed by atoms with Crippen LogP contribution in [-0.4, -0.2) is 32.1 Å². The quantitative estimate of drug-likeness (QED) is 0.752. The molecule has 0 aromatic heterocycles. The van der Waals surface area contributed by atoms with Crippen LogP contribution in [0.2, 0.25) is 0 Å². The summed E-state index contributed by atoms with van der Waals surface area (Å²) in [4.78, 5) is 11.7. The Morgan fingerprint density at radius 1 is 1.32 bits per heavy atom. The number of nitrogens with one attached hydrogen (secondary N) is 2. The van der Waals surface area contributed by atoms with Gasteiger partial charge in [0.15, 0.2) is 0 Å². The maximum atomic E-state index is 11.7. The highest BCUT2D eigenvalue weighted by Gasteiger charge is 2.11. The lowest BCUT2D eigenvalue weighted by Gasteiger charge is -2.14. The Balaban J connectivity index is 2.35. The highest BCUT2D eigenvalue weighted by atomic mass is 16.5. The third-order valence-corrected chi connectivity index (χ3v) is 2.98. The molecule has 1 rings (SSSR count). The Kier molecular flexibility index (Phi) is 6.97. The summed E-state index contributed by atoms with van der Waals surface area (Å²) in [5, 5.41) is 6.10. The van der Waals surface area contributed by atoms with Gasteiger partial charge in [-0.3, -0.25) is 4.79 Å². The molecule has 19 heavy (non-hydrogen) atoms. The molecule has 0 heterocycles. The van der Waals surface area contributed by atoms with Gasteiger partial charge >= 0.3 is 0 Å². The van der Waals surface area contributed by atoms with Crippen molar-refractivity contribution in [3.63, 3.8) is 0 Å². The largest absolute Gasteiger partial charge is 0.496 e. The van der Waals surface area contributed by atoms with E-state index in [-0.39, 0.29) is 11.9 Å². The SMILES string of the molecule is CCCNC(=O)C(C)NCCc1ccccc1OC. The number of ether oxygens (including phenoxy) is 1.